The van der Waals surface area contributed by atoms with Gasteiger partial charge in [0, 0.05) is 31.2 Å². The highest BCUT2D eigenvalue weighted by Gasteiger charge is 2.68. The highest BCUT2D eigenvalue weighted by atomic mass is 35.5. The van der Waals surface area contributed by atoms with Gasteiger partial charge in [-0.05, 0) is 12.3 Å². The Morgan fingerprint density at radius 1 is 1.43 bits per heavy atom. The average molecular weight is 440 g/mol. The number of alkyl halides is 2. The van der Waals surface area contributed by atoms with Crippen LogP contribution in [0.15, 0.2) is 16.8 Å². The molecule has 2 heterocycles. The molecule has 0 N–H and O–H groups in total. The molecule has 2 aliphatic rings. The molecule has 2 aliphatic carbocycles. The quantitative estimate of drug-likeness (QED) is 0.501. The van der Waals surface area contributed by atoms with Crippen molar-refractivity contribution in [3.8, 4) is 5.75 Å². The van der Waals surface area contributed by atoms with Crippen LogP contribution in [0.25, 0.3) is 0 Å². The molecule has 0 spiro atoms. The first-order chi connectivity index (χ1) is 14.0. The summed E-state index contributed by atoms with van der Waals surface area (Å²) in [5.41, 5.74) is -1.62. The molecular weight excluding hydrogens is 416 g/mol. The van der Waals surface area contributed by atoms with E-state index in [2.05, 4.69) is 15.1 Å². The fraction of sp³-hybridized carbons (Fsp3) is 0.619. The molecule has 0 bridgehead atoms. The van der Waals surface area contributed by atoms with Crippen LogP contribution in [0, 0.1) is 18.3 Å². The largest absolute Gasteiger partial charge is 0.491 e. The number of nitrogens with zero attached hydrogens (tertiary/aromatic N) is 3. The van der Waals surface area contributed by atoms with E-state index < -0.39 is 16.8 Å². The number of carbonyl (C=O) groups excluding carboxylic acids is 1. The maximum Gasteiger partial charge on any atom is 0.257 e. The van der Waals surface area contributed by atoms with Crippen molar-refractivity contribution in [3.63, 3.8) is 0 Å². The lowest BCUT2D eigenvalue weighted by Crippen LogP contribution is -2.28. The Labute approximate surface area is 178 Å². The van der Waals surface area contributed by atoms with Crippen molar-refractivity contribution in [1.82, 2.24) is 15.1 Å². The number of ether oxygens (including phenoxy) is 1. The molecule has 6 nitrogen and oxygen atoms in total. The number of carbonyl (C=O) groups is 1. The lowest BCUT2D eigenvalue weighted by Gasteiger charge is -2.25. The predicted molar refractivity (Wildman–Crippen MR) is 105 cm³/mol. The van der Waals surface area contributed by atoms with Gasteiger partial charge in [0.2, 0.25) is 5.89 Å². The van der Waals surface area contributed by atoms with Crippen molar-refractivity contribution in [2.45, 2.75) is 64.2 Å². The number of Topliss-reactive ketones (excluding diaryl/α,β-unsaturated/α-hetero) is 1. The van der Waals surface area contributed by atoms with Crippen LogP contribution in [-0.4, -0.2) is 33.4 Å². The highest BCUT2D eigenvalue weighted by Crippen LogP contribution is 2.60. The van der Waals surface area contributed by atoms with E-state index in [1.807, 2.05) is 6.92 Å². The second-order valence-corrected chi connectivity index (χ2v) is 9.58. The summed E-state index contributed by atoms with van der Waals surface area (Å²) in [6, 6.07) is 1.42. The summed E-state index contributed by atoms with van der Waals surface area (Å²) in [5.74, 6) is -1.28. The van der Waals surface area contributed by atoms with Gasteiger partial charge in [-0.3, -0.25) is 9.78 Å². The number of rotatable bonds is 9. The summed E-state index contributed by atoms with van der Waals surface area (Å²) in [5, 5.41) is 4.22. The zero-order valence-electron chi connectivity index (χ0n) is 17.2. The van der Waals surface area contributed by atoms with Crippen LogP contribution in [0.5, 0.6) is 5.75 Å². The van der Waals surface area contributed by atoms with Crippen molar-refractivity contribution in [1.29, 1.82) is 0 Å². The SMILES string of the molecule is Cc1nc(C(C)(CC(=O)c2cc(OCC3(C)CC3(F)F)c(Cl)cn2)CC2CC2)no1. The van der Waals surface area contributed by atoms with Crippen LogP contribution in [0.2, 0.25) is 5.02 Å². The standard InChI is InChI=1S/C21H24ClF2N3O3/c1-12-26-18(27-30-12)19(2,7-13-4-5-13)8-16(28)15-6-17(14(22)9-25-15)29-11-20(3)10-21(20,23)24/h6,9,13H,4-5,7-8,10-11H2,1-3H3. The molecular formula is C21H24ClF2N3O3. The number of pyridine rings is 1. The number of hydrogen-bond acceptors (Lipinski definition) is 6. The van der Waals surface area contributed by atoms with Crippen LogP contribution in [-0.2, 0) is 5.41 Å². The second-order valence-electron chi connectivity index (χ2n) is 9.18. The summed E-state index contributed by atoms with van der Waals surface area (Å²) >= 11 is 6.11. The molecule has 0 radical (unpaired) electrons. The molecule has 0 amide bonds. The van der Waals surface area contributed by atoms with Gasteiger partial charge < -0.3 is 9.26 Å². The average Bonchev–Trinajstić information content (AvgIpc) is 3.49. The van der Waals surface area contributed by atoms with Gasteiger partial charge in [0.05, 0.1) is 18.2 Å². The Morgan fingerprint density at radius 3 is 2.70 bits per heavy atom. The Morgan fingerprint density at radius 2 is 2.13 bits per heavy atom. The monoisotopic (exact) mass is 439 g/mol. The van der Waals surface area contributed by atoms with Gasteiger partial charge in [-0.2, -0.15) is 4.98 Å². The lowest BCUT2D eigenvalue weighted by molar-refractivity contribution is 0.0498. The van der Waals surface area contributed by atoms with Gasteiger partial charge in [0.15, 0.2) is 11.6 Å². The molecule has 162 valence electrons. The Bertz CT molecular complexity index is 978. The summed E-state index contributed by atoms with van der Waals surface area (Å²) in [4.78, 5) is 21.5. The normalized spacial score (nSPS) is 24.3. The summed E-state index contributed by atoms with van der Waals surface area (Å²) in [6.07, 6.45) is 4.27. The van der Waals surface area contributed by atoms with Crippen molar-refractivity contribution in [3.05, 3.63) is 34.7 Å². The zero-order valence-corrected chi connectivity index (χ0v) is 17.9. The molecule has 2 saturated carbocycles. The molecule has 2 atom stereocenters. The van der Waals surface area contributed by atoms with E-state index in [0.717, 1.165) is 19.3 Å². The van der Waals surface area contributed by atoms with Crippen LogP contribution in [0.3, 0.4) is 0 Å². The maximum atomic E-state index is 13.5. The van der Waals surface area contributed by atoms with Gasteiger partial charge in [-0.15, -0.1) is 0 Å². The Hall–Kier alpha value is -2.09. The van der Waals surface area contributed by atoms with E-state index in [4.69, 9.17) is 20.9 Å². The number of hydrogen-bond donors (Lipinski definition) is 0. The van der Waals surface area contributed by atoms with Gasteiger partial charge >= 0.3 is 0 Å². The third-order valence-corrected chi connectivity index (χ3v) is 6.36. The van der Waals surface area contributed by atoms with Crippen LogP contribution in [0.1, 0.15) is 68.2 Å². The molecule has 0 saturated heterocycles. The van der Waals surface area contributed by atoms with Crippen molar-refractivity contribution in [2.24, 2.45) is 11.3 Å². The molecule has 2 aromatic heterocycles. The number of halogens is 3. The number of aryl methyl sites for hydroxylation is 1. The van der Waals surface area contributed by atoms with Crippen molar-refractivity contribution >= 4 is 17.4 Å². The minimum Gasteiger partial charge on any atom is -0.491 e. The second kappa shape index (κ2) is 7.25. The van der Waals surface area contributed by atoms with Gasteiger partial charge in [-0.1, -0.05) is 43.4 Å². The van der Waals surface area contributed by atoms with Gasteiger partial charge in [-0.25, -0.2) is 8.78 Å². The van der Waals surface area contributed by atoms with E-state index in [9.17, 15) is 13.6 Å². The maximum absolute atomic E-state index is 13.5. The highest BCUT2D eigenvalue weighted by molar-refractivity contribution is 6.32. The van der Waals surface area contributed by atoms with Crippen LogP contribution < -0.4 is 4.74 Å². The van der Waals surface area contributed by atoms with Gasteiger partial charge in [0.1, 0.15) is 16.5 Å². The Balaban J connectivity index is 1.50. The smallest absolute Gasteiger partial charge is 0.257 e. The first kappa shape index (κ1) is 21.2. The third kappa shape index (κ3) is 4.19. The van der Waals surface area contributed by atoms with E-state index in [1.54, 1.807) is 6.92 Å². The molecule has 30 heavy (non-hydrogen) atoms. The van der Waals surface area contributed by atoms with Crippen molar-refractivity contribution in [2.75, 3.05) is 6.61 Å². The molecule has 0 aliphatic heterocycles. The molecule has 2 unspecified atom stereocenters. The third-order valence-electron chi connectivity index (χ3n) is 6.08. The fourth-order valence-electron chi connectivity index (χ4n) is 3.71. The Kier molecular flexibility index (Phi) is 5.11. The van der Waals surface area contributed by atoms with Crippen LogP contribution in [0.4, 0.5) is 8.78 Å². The van der Waals surface area contributed by atoms with Crippen molar-refractivity contribution < 1.29 is 22.8 Å². The first-order valence-corrected chi connectivity index (χ1v) is 10.4. The zero-order chi connectivity index (χ0) is 21.7. The van der Waals surface area contributed by atoms with Gasteiger partial charge in [0.25, 0.3) is 5.92 Å². The molecule has 9 heteroatoms. The molecule has 4 rings (SSSR count). The van der Waals surface area contributed by atoms with E-state index in [1.165, 1.54) is 19.2 Å². The first-order valence-electron chi connectivity index (χ1n) is 10.0. The molecule has 2 fully saturated rings. The van der Waals surface area contributed by atoms with E-state index >= 15 is 0 Å². The number of ketones is 1. The fourth-order valence-corrected chi connectivity index (χ4v) is 3.87. The summed E-state index contributed by atoms with van der Waals surface area (Å²) in [7, 11) is 0. The lowest BCUT2D eigenvalue weighted by atomic mass is 9.78. The van der Waals surface area contributed by atoms with E-state index in [-0.39, 0.29) is 41.7 Å². The summed E-state index contributed by atoms with van der Waals surface area (Å²) in [6.45, 7) is 4.95. The molecule has 0 aromatic carbocycles. The van der Waals surface area contributed by atoms with E-state index in [0.29, 0.717) is 17.6 Å². The summed E-state index contributed by atoms with van der Waals surface area (Å²) < 4.78 is 37.6. The molecule has 2 aromatic rings. The predicted octanol–water partition coefficient (Wildman–Crippen LogP) is 5.18. The number of aromatic nitrogens is 3. The topological polar surface area (TPSA) is 78.1 Å². The van der Waals surface area contributed by atoms with Crippen LogP contribution >= 0.6 is 11.6 Å². The minimum absolute atomic E-state index is 0.145. The minimum atomic E-state index is -2.74.